The van der Waals surface area contributed by atoms with Gasteiger partial charge in [-0.25, -0.2) is 29.9 Å². The molecule has 0 saturated heterocycles. The molecular formula is C120H77N6O2PS3. The maximum Gasteiger partial charge on any atom is 0.227 e. The third kappa shape index (κ3) is 15.0. The molecule has 25 aromatic rings. The zero-order chi connectivity index (χ0) is 87.8. The summed E-state index contributed by atoms with van der Waals surface area (Å²) in [5, 5.41) is 10.5. The van der Waals surface area contributed by atoms with Crippen molar-refractivity contribution in [1.82, 2.24) is 29.9 Å². The molecule has 0 aliphatic heterocycles. The lowest BCUT2D eigenvalue weighted by molar-refractivity contribution is 0.592. The van der Waals surface area contributed by atoms with Crippen LogP contribution < -0.4 is 15.9 Å². The molecule has 25 rings (SSSR count). The van der Waals surface area contributed by atoms with Crippen molar-refractivity contribution in [2.45, 2.75) is 0 Å². The van der Waals surface area contributed by atoms with Crippen LogP contribution in [0.3, 0.4) is 0 Å². The first-order valence-corrected chi connectivity index (χ1v) is 48.1. The summed E-state index contributed by atoms with van der Waals surface area (Å²) < 4.78 is 24.9. The molecule has 0 fully saturated rings. The third-order valence-electron chi connectivity index (χ3n) is 24.4. The van der Waals surface area contributed by atoms with E-state index in [0.29, 0.717) is 5.89 Å². The summed E-state index contributed by atoms with van der Waals surface area (Å²) in [5.41, 5.74) is 26.3. The zero-order valence-corrected chi connectivity index (χ0v) is 74.5. The van der Waals surface area contributed by atoms with Crippen LogP contribution in [0, 0.1) is 0 Å². The van der Waals surface area contributed by atoms with E-state index in [1.165, 1.54) is 78.1 Å². The normalized spacial score (nSPS) is 11.5. The Bertz CT molecular complexity index is 8530. The summed E-state index contributed by atoms with van der Waals surface area (Å²) in [6.45, 7) is 0. The number of para-hydroxylation sites is 6. The van der Waals surface area contributed by atoms with Gasteiger partial charge in [0.1, 0.15) is 5.52 Å². The second kappa shape index (κ2) is 35.2. The Morgan fingerprint density at radius 2 is 0.462 bits per heavy atom. The molecule has 0 spiro atoms. The van der Waals surface area contributed by atoms with Gasteiger partial charge in [-0.3, -0.25) is 0 Å². The van der Waals surface area contributed by atoms with Crippen molar-refractivity contribution < 1.29 is 8.98 Å². The number of oxazole rings is 1. The van der Waals surface area contributed by atoms with Crippen LogP contribution in [0.2, 0.25) is 0 Å². The van der Waals surface area contributed by atoms with Crippen molar-refractivity contribution in [2.24, 2.45) is 0 Å². The molecule has 622 valence electrons. The maximum absolute atomic E-state index is 15.1. The van der Waals surface area contributed by atoms with Gasteiger partial charge >= 0.3 is 0 Å². The average molecular weight is 1760 g/mol. The molecule has 8 nitrogen and oxygen atoms in total. The van der Waals surface area contributed by atoms with Crippen LogP contribution in [-0.4, -0.2) is 29.9 Å². The van der Waals surface area contributed by atoms with Crippen molar-refractivity contribution in [2.75, 3.05) is 0 Å². The van der Waals surface area contributed by atoms with Gasteiger partial charge in [0.2, 0.25) is 5.89 Å². The van der Waals surface area contributed by atoms with E-state index < -0.39 is 7.14 Å². The molecule has 0 unspecified atom stereocenters. The molecule has 0 aliphatic rings. The van der Waals surface area contributed by atoms with Gasteiger partial charge in [-0.2, -0.15) is 0 Å². The summed E-state index contributed by atoms with van der Waals surface area (Å²) in [5.74, 6) is 1.35. The molecule has 132 heavy (non-hydrogen) atoms. The lowest BCUT2D eigenvalue weighted by Gasteiger charge is -2.20. The fourth-order valence-corrected chi connectivity index (χ4v) is 24.9. The third-order valence-corrected chi connectivity index (χ3v) is 31.3. The Morgan fingerprint density at radius 1 is 0.197 bits per heavy atom. The molecule has 17 aromatic carbocycles. The molecule has 0 N–H and O–H groups in total. The topological polar surface area (TPSA) is 108 Å². The molecule has 12 heteroatoms. The minimum Gasteiger partial charge on any atom is -0.436 e. The zero-order valence-electron chi connectivity index (χ0n) is 71.1. The summed E-state index contributed by atoms with van der Waals surface area (Å²) in [6.07, 6.45) is 0. The van der Waals surface area contributed by atoms with Gasteiger partial charge in [0.15, 0.2) is 18.5 Å². The fourth-order valence-electron chi connectivity index (χ4n) is 18.1. The van der Waals surface area contributed by atoms with Gasteiger partial charge in [-0.15, -0.1) is 34.0 Å². The van der Waals surface area contributed by atoms with Crippen LogP contribution >= 0.6 is 41.2 Å². The first-order chi connectivity index (χ1) is 65.4. The number of aromatic nitrogens is 6. The van der Waals surface area contributed by atoms with Crippen LogP contribution in [0.15, 0.2) is 472 Å². The number of rotatable bonds is 15. The SMILES string of the molecule is O=P(c1ccccc1)(c1ccccc1)c1ccc(-c2c(-c3ccccc3)sc3c2c(-c2ccccc2)nc2ccccc23)cc1.c1ccc(-c2nc(-c3ccc(-c4c(-c5ccccc5)sc5c4c(-c4ccccc4)nc4ccccc45)cc3)c3ccccc3n2)cc1.c1ccc(-c2sc3c(c(-c4ccccc4)nc4ccccc43)c2-c2ccc(-c3nc4ccccc4o3)cc2)cc1. The van der Waals surface area contributed by atoms with E-state index in [4.69, 9.17) is 34.3 Å². The predicted molar refractivity (Wildman–Crippen MR) is 557 cm³/mol. The Morgan fingerprint density at radius 3 is 0.826 bits per heavy atom. The number of fused-ring (bicyclic) bond motifs is 11. The van der Waals surface area contributed by atoms with E-state index in [1.807, 2.05) is 149 Å². The molecule has 0 bridgehead atoms. The molecule has 0 atom stereocenters. The van der Waals surface area contributed by atoms with Crippen molar-refractivity contribution in [3.8, 4) is 133 Å². The highest BCUT2D eigenvalue weighted by atomic mass is 32.1. The standard InChI is InChI=1S/C43H27N3S.C41H28NOPS.C36H22N2OS/c1-4-14-29(15-5-1)40-38-37(41(31-16-6-2-7-17-31)47-42(38)34-21-11-13-23-36(34)44-40)28-24-26-30(27-25-28)39-33-20-10-12-22-35(33)45-43(46-39)32-18-8-3-9-19-32;43-44(32-19-9-3-10-20-32,33-21-11-4-12-22-33)34-27-25-29(26-28-34)37-38-39(30-15-5-1-6-16-30)42-36-24-14-13-23-35(36)41(38)45-40(37)31-17-7-2-8-18-31;1-3-11-24(12-4-1)33-32-31(23-19-21-26(22-20-23)36-38-29-17-9-10-18-30(29)39-36)34(25-13-5-2-6-14-25)40-35(32)27-15-7-8-16-28(27)37-33/h1-27H;1-28H;1-22H. The van der Waals surface area contributed by atoms with E-state index in [9.17, 15) is 0 Å². The van der Waals surface area contributed by atoms with Crippen molar-refractivity contribution in [1.29, 1.82) is 0 Å². The first-order valence-electron chi connectivity index (χ1n) is 44.0. The number of benzene rings is 17. The molecule has 0 amide bonds. The highest BCUT2D eigenvalue weighted by molar-refractivity contribution is 7.85. The second-order valence-electron chi connectivity index (χ2n) is 32.4. The van der Waals surface area contributed by atoms with E-state index >= 15 is 4.57 Å². The van der Waals surface area contributed by atoms with Crippen LogP contribution in [0.5, 0.6) is 0 Å². The van der Waals surface area contributed by atoms with Gasteiger partial charge in [0.05, 0.1) is 44.8 Å². The largest absolute Gasteiger partial charge is 0.436 e. The lowest BCUT2D eigenvalue weighted by Crippen LogP contribution is -2.24. The predicted octanol–water partition coefficient (Wildman–Crippen LogP) is 32.1. The van der Waals surface area contributed by atoms with Crippen molar-refractivity contribution >= 4 is 142 Å². The summed E-state index contributed by atoms with van der Waals surface area (Å²) in [7, 11) is -3.09. The van der Waals surface area contributed by atoms with Gasteiger partial charge in [0.25, 0.3) is 0 Å². The Labute approximate surface area is 774 Å². The van der Waals surface area contributed by atoms with Crippen molar-refractivity contribution in [3.05, 3.63) is 467 Å². The Hall–Kier alpha value is -16.1. The monoisotopic (exact) mass is 1760 g/mol. The maximum atomic E-state index is 15.1. The average Bonchev–Trinajstić information content (AvgIpc) is 1.56. The quantitative estimate of drug-likeness (QED) is 0.0934. The number of pyridine rings is 3. The molecule has 8 aromatic heterocycles. The van der Waals surface area contributed by atoms with Gasteiger partial charge in [0, 0.05) is 132 Å². The van der Waals surface area contributed by atoms with E-state index in [-0.39, 0.29) is 0 Å². The van der Waals surface area contributed by atoms with Crippen LogP contribution in [0.1, 0.15) is 0 Å². The highest BCUT2D eigenvalue weighted by Gasteiger charge is 2.32. The van der Waals surface area contributed by atoms with E-state index in [2.05, 4.69) is 352 Å². The number of hydrogen-bond donors (Lipinski definition) is 0. The van der Waals surface area contributed by atoms with E-state index in [1.54, 1.807) is 0 Å². The van der Waals surface area contributed by atoms with Gasteiger partial charge in [-0.05, 0) is 81.9 Å². The smallest absolute Gasteiger partial charge is 0.227 e. The van der Waals surface area contributed by atoms with Crippen LogP contribution in [0.25, 0.3) is 218 Å². The molecular weight excluding hydrogens is 1680 g/mol. The van der Waals surface area contributed by atoms with Crippen LogP contribution in [-0.2, 0) is 4.57 Å². The van der Waals surface area contributed by atoms with E-state index in [0.717, 1.165) is 149 Å². The lowest BCUT2D eigenvalue weighted by atomic mass is 9.94. The summed E-state index contributed by atoms with van der Waals surface area (Å²) in [4.78, 5) is 34.2. The molecule has 0 radical (unpaired) electrons. The van der Waals surface area contributed by atoms with Gasteiger partial charge in [-0.1, -0.05) is 419 Å². The fraction of sp³-hybridized carbons (Fsp3) is 0. The number of thiophene rings is 3. The molecule has 0 aliphatic carbocycles. The highest BCUT2D eigenvalue weighted by Crippen LogP contribution is 2.55. The number of hydrogen-bond acceptors (Lipinski definition) is 11. The number of nitrogens with zero attached hydrogens (tertiary/aromatic N) is 6. The Kier molecular flexibility index (Phi) is 21.4. The van der Waals surface area contributed by atoms with Gasteiger partial charge < -0.3 is 8.98 Å². The summed E-state index contributed by atoms with van der Waals surface area (Å²) in [6, 6.07) is 161. The minimum absolute atomic E-state index is 0.629. The van der Waals surface area contributed by atoms with Crippen molar-refractivity contribution in [3.63, 3.8) is 0 Å². The second-order valence-corrected chi connectivity index (χ2v) is 38.2. The first kappa shape index (κ1) is 80.5. The van der Waals surface area contributed by atoms with Crippen LogP contribution in [0.4, 0.5) is 0 Å². The summed E-state index contributed by atoms with van der Waals surface area (Å²) >= 11 is 5.51. The molecule has 8 heterocycles. The minimum atomic E-state index is -3.09. The Balaban J connectivity index is 0.000000113. The molecule has 0 saturated carbocycles.